The summed E-state index contributed by atoms with van der Waals surface area (Å²) in [5.41, 5.74) is 3.73. The normalized spacial score (nSPS) is 29.5. The maximum Gasteiger partial charge on any atom is 0.306 e. The molecule has 0 atom stereocenters. The van der Waals surface area contributed by atoms with Crippen molar-refractivity contribution in [3.05, 3.63) is 17.0 Å². The van der Waals surface area contributed by atoms with E-state index in [4.69, 9.17) is 5.10 Å². The van der Waals surface area contributed by atoms with Crippen molar-refractivity contribution in [3.63, 3.8) is 0 Å². The van der Waals surface area contributed by atoms with Gasteiger partial charge in [-0.3, -0.25) is 14.3 Å². The molecule has 166 valence electrons. The SMILES string of the molecule is Cc1nn(CC2CCC(C)CC2)c2c1CCN(C(=O)CC1CCC(C(=O)O)CC1)C2. The molecule has 0 bridgehead atoms. The Morgan fingerprint density at radius 3 is 2.37 bits per heavy atom. The van der Waals surface area contributed by atoms with E-state index < -0.39 is 5.97 Å². The number of aromatic nitrogens is 2. The molecule has 0 aromatic carbocycles. The van der Waals surface area contributed by atoms with E-state index in [1.807, 2.05) is 4.90 Å². The first kappa shape index (κ1) is 21.4. The van der Waals surface area contributed by atoms with Gasteiger partial charge >= 0.3 is 5.97 Å². The second kappa shape index (κ2) is 9.11. The van der Waals surface area contributed by atoms with Gasteiger partial charge < -0.3 is 10.0 Å². The quantitative estimate of drug-likeness (QED) is 0.783. The number of carboxylic acids is 1. The third-order valence-corrected chi connectivity index (χ3v) is 7.92. The lowest BCUT2D eigenvalue weighted by Crippen LogP contribution is -2.38. The molecule has 1 aromatic rings. The number of fused-ring (bicyclic) bond motifs is 1. The van der Waals surface area contributed by atoms with Crippen LogP contribution in [-0.2, 0) is 29.1 Å². The fraction of sp³-hybridized carbons (Fsp3) is 0.792. The Bertz CT molecular complexity index is 771. The van der Waals surface area contributed by atoms with Gasteiger partial charge in [-0.2, -0.15) is 5.10 Å². The topological polar surface area (TPSA) is 75.4 Å². The van der Waals surface area contributed by atoms with Crippen LogP contribution in [0, 0.1) is 30.6 Å². The van der Waals surface area contributed by atoms with E-state index in [-0.39, 0.29) is 11.8 Å². The van der Waals surface area contributed by atoms with Crippen LogP contribution in [0.25, 0.3) is 0 Å². The molecular formula is C24H37N3O3. The number of aliphatic carboxylic acids is 1. The maximum atomic E-state index is 13.0. The Kier molecular flexibility index (Phi) is 6.49. The van der Waals surface area contributed by atoms with Crippen LogP contribution in [-0.4, -0.2) is 38.2 Å². The zero-order chi connectivity index (χ0) is 21.3. The summed E-state index contributed by atoms with van der Waals surface area (Å²) in [6.45, 7) is 6.92. The van der Waals surface area contributed by atoms with Crippen molar-refractivity contribution in [2.75, 3.05) is 6.54 Å². The molecule has 2 aliphatic carbocycles. The highest BCUT2D eigenvalue weighted by molar-refractivity contribution is 5.77. The number of carbonyl (C=O) groups excluding carboxylic acids is 1. The first-order chi connectivity index (χ1) is 14.4. The minimum absolute atomic E-state index is 0.214. The van der Waals surface area contributed by atoms with Gasteiger partial charge in [-0.1, -0.05) is 19.8 Å². The highest BCUT2D eigenvalue weighted by atomic mass is 16.4. The van der Waals surface area contributed by atoms with Crippen LogP contribution in [0.2, 0.25) is 0 Å². The summed E-state index contributed by atoms with van der Waals surface area (Å²) in [6.07, 6.45) is 9.83. The van der Waals surface area contributed by atoms with Crippen LogP contribution >= 0.6 is 0 Å². The predicted molar refractivity (Wildman–Crippen MR) is 115 cm³/mol. The zero-order valence-corrected chi connectivity index (χ0v) is 18.6. The molecule has 6 heteroatoms. The molecule has 0 radical (unpaired) electrons. The lowest BCUT2D eigenvalue weighted by atomic mass is 9.80. The number of nitrogens with zero attached hydrogens (tertiary/aromatic N) is 3. The average molecular weight is 416 g/mol. The van der Waals surface area contributed by atoms with Crippen molar-refractivity contribution in [2.45, 2.75) is 91.1 Å². The van der Waals surface area contributed by atoms with Gasteiger partial charge in [0.15, 0.2) is 0 Å². The fourth-order valence-electron chi connectivity index (χ4n) is 5.78. The van der Waals surface area contributed by atoms with Gasteiger partial charge in [0.25, 0.3) is 0 Å². The summed E-state index contributed by atoms with van der Waals surface area (Å²) in [4.78, 5) is 26.2. The number of hydrogen-bond donors (Lipinski definition) is 1. The minimum atomic E-state index is -0.681. The molecule has 30 heavy (non-hydrogen) atoms. The van der Waals surface area contributed by atoms with Gasteiger partial charge in [0.2, 0.25) is 5.91 Å². The molecule has 1 N–H and O–H groups in total. The molecule has 2 fully saturated rings. The molecule has 6 nitrogen and oxygen atoms in total. The van der Waals surface area contributed by atoms with E-state index in [2.05, 4.69) is 18.5 Å². The molecule has 0 unspecified atom stereocenters. The molecule has 1 aliphatic heterocycles. The first-order valence-electron chi connectivity index (χ1n) is 12.0. The van der Waals surface area contributed by atoms with Crippen molar-refractivity contribution in [1.29, 1.82) is 0 Å². The van der Waals surface area contributed by atoms with Crippen LogP contribution < -0.4 is 0 Å². The highest BCUT2D eigenvalue weighted by Crippen LogP contribution is 2.33. The molecule has 0 saturated heterocycles. The third kappa shape index (κ3) is 4.73. The molecule has 2 heterocycles. The van der Waals surface area contributed by atoms with Crippen molar-refractivity contribution in [1.82, 2.24) is 14.7 Å². The second-order valence-corrected chi connectivity index (χ2v) is 10.1. The molecule has 2 saturated carbocycles. The molecule has 1 amide bonds. The second-order valence-electron chi connectivity index (χ2n) is 10.1. The summed E-state index contributed by atoms with van der Waals surface area (Å²) in [7, 11) is 0. The number of hydrogen-bond acceptors (Lipinski definition) is 3. The average Bonchev–Trinajstić information content (AvgIpc) is 3.05. The van der Waals surface area contributed by atoms with Gasteiger partial charge in [-0.05, 0) is 75.2 Å². The van der Waals surface area contributed by atoms with Crippen LogP contribution in [0.1, 0.15) is 81.7 Å². The van der Waals surface area contributed by atoms with Gasteiger partial charge in [0.05, 0.1) is 23.9 Å². The highest BCUT2D eigenvalue weighted by Gasteiger charge is 2.31. The Morgan fingerprint density at radius 2 is 1.70 bits per heavy atom. The van der Waals surface area contributed by atoms with Gasteiger partial charge in [-0.25, -0.2) is 0 Å². The molecule has 0 spiro atoms. The molecule has 1 aromatic heterocycles. The standard InChI is InChI=1S/C24H37N3O3/c1-16-3-5-19(6-4-16)14-27-22-15-26(12-11-21(22)17(2)25-27)23(28)13-18-7-9-20(10-8-18)24(29)30/h16,18-20H,3-15H2,1-2H3,(H,29,30). The Morgan fingerprint density at radius 1 is 1.03 bits per heavy atom. The van der Waals surface area contributed by atoms with E-state index in [0.717, 1.165) is 44.0 Å². The Balaban J connectivity index is 1.35. The van der Waals surface area contributed by atoms with E-state index >= 15 is 0 Å². The van der Waals surface area contributed by atoms with Crippen LogP contribution in [0.4, 0.5) is 0 Å². The van der Waals surface area contributed by atoms with Crippen molar-refractivity contribution in [2.24, 2.45) is 23.7 Å². The third-order valence-electron chi connectivity index (χ3n) is 7.92. The Hall–Kier alpha value is -1.85. The van der Waals surface area contributed by atoms with Crippen molar-refractivity contribution >= 4 is 11.9 Å². The summed E-state index contributed by atoms with van der Waals surface area (Å²) in [5.74, 6) is 1.24. The first-order valence-corrected chi connectivity index (χ1v) is 12.0. The van der Waals surface area contributed by atoms with Crippen LogP contribution in [0.15, 0.2) is 0 Å². The summed E-state index contributed by atoms with van der Waals surface area (Å²) in [6, 6.07) is 0. The smallest absolute Gasteiger partial charge is 0.306 e. The van der Waals surface area contributed by atoms with E-state index in [1.54, 1.807) is 0 Å². The zero-order valence-electron chi connectivity index (χ0n) is 18.6. The molecular weight excluding hydrogens is 378 g/mol. The minimum Gasteiger partial charge on any atom is -0.481 e. The maximum absolute atomic E-state index is 13.0. The molecule has 4 rings (SSSR count). The van der Waals surface area contributed by atoms with E-state index in [0.29, 0.717) is 37.6 Å². The van der Waals surface area contributed by atoms with Crippen molar-refractivity contribution < 1.29 is 14.7 Å². The van der Waals surface area contributed by atoms with Crippen molar-refractivity contribution in [3.8, 4) is 0 Å². The summed E-state index contributed by atoms with van der Waals surface area (Å²) in [5, 5.41) is 14.0. The monoisotopic (exact) mass is 415 g/mol. The van der Waals surface area contributed by atoms with Crippen LogP contribution in [0.3, 0.4) is 0 Å². The lowest BCUT2D eigenvalue weighted by molar-refractivity contribution is -0.143. The van der Waals surface area contributed by atoms with E-state index in [1.165, 1.54) is 36.9 Å². The van der Waals surface area contributed by atoms with Crippen LogP contribution in [0.5, 0.6) is 0 Å². The van der Waals surface area contributed by atoms with Gasteiger partial charge in [-0.15, -0.1) is 0 Å². The number of aryl methyl sites for hydroxylation is 1. The lowest BCUT2D eigenvalue weighted by Gasteiger charge is -2.32. The summed E-state index contributed by atoms with van der Waals surface area (Å²) < 4.78 is 2.21. The fourth-order valence-corrected chi connectivity index (χ4v) is 5.78. The number of rotatable bonds is 5. The number of carbonyl (C=O) groups is 2. The Labute approximate surface area is 180 Å². The van der Waals surface area contributed by atoms with Gasteiger partial charge in [0, 0.05) is 19.5 Å². The molecule has 3 aliphatic rings. The predicted octanol–water partition coefficient (Wildman–Crippen LogP) is 4.18. The summed E-state index contributed by atoms with van der Waals surface area (Å²) >= 11 is 0. The number of carboxylic acid groups (broad SMARTS) is 1. The largest absolute Gasteiger partial charge is 0.481 e. The van der Waals surface area contributed by atoms with E-state index in [9.17, 15) is 14.7 Å². The van der Waals surface area contributed by atoms with Gasteiger partial charge in [0.1, 0.15) is 0 Å². The number of amides is 1.